The van der Waals surface area contributed by atoms with Crippen molar-refractivity contribution in [3.8, 4) is 0 Å². The van der Waals surface area contributed by atoms with Crippen LogP contribution in [0.2, 0.25) is 0 Å². The maximum atomic E-state index is 10.2. The van der Waals surface area contributed by atoms with Crippen LogP contribution in [0.25, 0.3) is 0 Å². The summed E-state index contributed by atoms with van der Waals surface area (Å²) in [5.74, 6) is -0.958. The van der Waals surface area contributed by atoms with Gasteiger partial charge in [0.2, 0.25) is 0 Å². The van der Waals surface area contributed by atoms with Gasteiger partial charge in [-0.25, -0.2) is 4.79 Å². The average molecular weight is 131 g/mol. The van der Waals surface area contributed by atoms with E-state index in [0.29, 0.717) is 13.0 Å². The molecule has 1 rings (SSSR count). The van der Waals surface area contributed by atoms with Gasteiger partial charge < -0.3 is 15.6 Å². The van der Waals surface area contributed by atoms with Crippen molar-refractivity contribution < 1.29 is 14.6 Å². The van der Waals surface area contributed by atoms with E-state index in [0.717, 1.165) is 0 Å². The van der Waals surface area contributed by atoms with Crippen LogP contribution in [0.1, 0.15) is 6.42 Å². The lowest BCUT2D eigenvalue weighted by molar-refractivity contribution is -0.147. The third-order valence-corrected chi connectivity index (χ3v) is 1.38. The van der Waals surface area contributed by atoms with Crippen LogP contribution < -0.4 is 5.73 Å². The number of hydrogen-bond donors (Lipinski definition) is 2. The summed E-state index contributed by atoms with van der Waals surface area (Å²) in [5.41, 5.74) is 5.37. The van der Waals surface area contributed by atoms with Crippen molar-refractivity contribution in [3.63, 3.8) is 0 Å². The number of rotatable bonds is 1. The van der Waals surface area contributed by atoms with E-state index >= 15 is 0 Å². The van der Waals surface area contributed by atoms with E-state index < -0.39 is 12.1 Å². The van der Waals surface area contributed by atoms with E-state index in [1.165, 1.54) is 0 Å². The van der Waals surface area contributed by atoms with Crippen molar-refractivity contribution in [2.24, 2.45) is 5.73 Å². The van der Waals surface area contributed by atoms with Gasteiger partial charge in [0, 0.05) is 12.6 Å². The Morgan fingerprint density at radius 3 is 2.67 bits per heavy atom. The molecule has 3 N–H and O–H groups in total. The van der Waals surface area contributed by atoms with Gasteiger partial charge in [0.05, 0.1) is 0 Å². The van der Waals surface area contributed by atoms with Gasteiger partial charge >= 0.3 is 5.97 Å². The molecule has 1 heterocycles. The van der Waals surface area contributed by atoms with Gasteiger partial charge in [-0.1, -0.05) is 0 Å². The van der Waals surface area contributed by atoms with Crippen LogP contribution in [0.15, 0.2) is 0 Å². The lowest BCUT2D eigenvalue weighted by Crippen LogP contribution is -2.36. The zero-order valence-corrected chi connectivity index (χ0v) is 4.91. The molecule has 4 heteroatoms. The Balaban J connectivity index is 2.49. The fourth-order valence-electron chi connectivity index (χ4n) is 0.860. The average Bonchev–Trinajstić information content (AvgIpc) is 2.13. The Bertz CT molecular complexity index is 125. The number of nitrogens with two attached hydrogens (primary N) is 1. The second-order valence-electron chi connectivity index (χ2n) is 2.08. The minimum atomic E-state index is -0.958. The normalized spacial score (nSPS) is 34.8. The van der Waals surface area contributed by atoms with E-state index in [1.54, 1.807) is 0 Å². The summed E-state index contributed by atoms with van der Waals surface area (Å²) in [6.07, 6.45) is -0.123. The first kappa shape index (κ1) is 6.51. The summed E-state index contributed by atoms with van der Waals surface area (Å²) in [4.78, 5) is 10.2. The third kappa shape index (κ3) is 1.20. The van der Waals surface area contributed by atoms with Gasteiger partial charge in [0.25, 0.3) is 0 Å². The second-order valence-corrected chi connectivity index (χ2v) is 2.08. The highest BCUT2D eigenvalue weighted by Crippen LogP contribution is 2.10. The highest BCUT2D eigenvalue weighted by atomic mass is 16.5. The SMILES string of the molecule is N[C@H]1CCO[C@H]1C(=O)O. The van der Waals surface area contributed by atoms with Gasteiger partial charge in [0.1, 0.15) is 0 Å². The van der Waals surface area contributed by atoms with Gasteiger partial charge in [-0.05, 0) is 6.42 Å². The molecule has 0 aliphatic carbocycles. The van der Waals surface area contributed by atoms with Crippen molar-refractivity contribution in [2.75, 3.05) is 6.61 Å². The number of aliphatic carboxylic acids is 1. The smallest absolute Gasteiger partial charge is 0.334 e. The topological polar surface area (TPSA) is 72.5 Å². The summed E-state index contributed by atoms with van der Waals surface area (Å²) in [5, 5.41) is 8.38. The third-order valence-electron chi connectivity index (χ3n) is 1.38. The molecule has 0 aromatic carbocycles. The maximum Gasteiger partial charge on any atom is 0.334 e. The van der Waals surface area contributed by atoms with Crippen LogP contribution >= 0.6 is 0 Å². The molecule has 0 bridgehead atoms. The summed E-state index contributed by atoms with van der Waals surface area (Å²) < 4.78 is 4.80. The Kier molecular flexibility index (Phi) is 1.68. The molecule has 0 spiro atoms. The molecule has 2 atom stereocenters. The Morgan fingerprint density at radius 1 is 1.78 bits per heavy atom. The van der Waals surface area contributed by atoms with Gasteiger partial charge in [0.15, 0.2) is 6.10 Å². The fourth-order valence-corrected chi connectivity index (χ4v) is 0.860. The molecule has 52 valence electrons. The van der Waals surface area contributed by atoms with Gasteiger partial charge in [-0.15, -0.1) is 0 Å². The molecule has 1 saturated heterocycles. The molecular weight excluding hydrogens is 122 g/mol. The summed E-state index contributed by atoms with van der Waals surface area (Å²) in [6, 6.07) is -0.317. The lowest BCUT2D eigenvalue weighted by Gasteiger charge is -2.06. The first-order valence-electron chi connectivity index (χ1n) is 2.82. The monoisotopic (exact) mass is 131 g/mol. The van der Waals surface area contributed by atoms with Crippen LogP contribution in [0.3, 0.4) is 0 Å². The molecule has 4 nitrogen and oxygen atoms in total. The summed E-state index contributed by atoms with van der Waals surface area (Å²) in [6.45, 7) is 0.470. The molecule has 1 aliphatic rings. The largest absolute Gasteiger partial charge is 0.479 e. The van der Waals surface area contributed by atoms with E-state index in [9.17, 15) is 4.79 Å². The van der Waals surface area contributed by atoms with Crippen molar-refractivity contribution >= 4 is 5.97 Å². The Hall–Kier alpha value is -0.610. The minimum Gasteiger partial charge on any atom is -0.479 e. The highest BCUT2D eigenvalue weighted by Gasteiger charge is 2.30. The zero-order valence-electron chi connectivity index (χ0n) is 4.91. The Morgan fingerprint density at radius 2 is 2.44 bits per heavy atom. The van der Waals surface area contributed by atoms with Crippen LogP contribution in [0.5, 0.6) is 0 Å². The van der Waals surface area contributed by atoms with Crippen molar-refractivity contribution in [1.82, 2.24) is 0 Å². The second kappa shape index (κ2) is 2.33. The van der Waals surface area contributed by atoms with Crippen molar-refractivity contribution in [2.45, 2.75) is 18.6 Å². The minimum absolute atomic E-state index is 0.317. The van der Waals surface area contributed by atoms with E-state index in [2.05, 4.69) is 0 Å². The van der Waals surface area contributed by atoms with E-state index in [-0.39, 0.29) is 6.04 Å². The molecular formula is C5H9NO3. The molecule has 0 aromatic heterocycles. The van der Waals surface area contributed by atoms with Crippen LogP contribution in [-0.4, -0.2) is 29.8 Å². The molecule has 0 amide bonds. The number of carboxylic acids is 1. The zero-order chi connectivity index (χ0) is 6.85. The van der Waals surface area contributed by atoms with E-state index in [1.807, 2.05) is 0 Å². The highest BCUT2D eigenvalue weighted by molar-refractivity contribution is 5.73. The number of carboxylic acid groups (broad SMARTS) is 1. The van der Waals surface area contributed by atoms with Crippen LogP contribution in [0, 0.1) is 0 Å². The quantitative estimate of drug-likeness (QED) is 0.488. The Labute approximate surface area is 52.6 Å². The predicted octanol–water partition coefficient (Wildman–Crippen LogP) is -0.813. The molecule has 9 heavy (non-hydrogen) atoms. The maximum absolute atomic E-state index is 10.2. The predicted molar refractivity (Wildman–Crippen MR) is 30.0 cm³/mol. The first-order chi connectivity index (χ1) is 4.22. The van der Waals surface area contributed by atoms with E-state index in [4.69, 9.17) is 15.6 Å². The van der Waals surface area contributed by atoms with Crippen molar-refractivity contribution in [1.29, 1.82) is 0 Å². The fraction of sp³-hybridized carbons (Fsp3) is 0.800. The molecule has 0 unspecified atom stereocenters. The first-order valence-corrected chi connectivity index (χ1v) is 2.82. The summed E-state index contributed by atoms with van der Waals surface area (Å²) >= 11 is 0. The van der Waals surface area contributed by atoms with Crippen LogP contribution in [-0.2, 0) is 9.53 Å². The molecule has 1 aliphatic heterocycles. The molecule has 0 radical (unpaired) electrons. The standard InChI is InChI=1S/C5H9NO3/c6-3-1-2-9-4(3)5(7)8/h3-4H,1-2,6H2,(H,7,8)/t3-,4+/m0/s1. The number of hydrogen-bond acceptors (Lipinski definition) is 3. The number of ether oxygens (including phenoxy) is 1. The lowest BCUT2D eigenvalue weighted by atomic mass is 10.2. The van der Waals surface area contributed by atoms with Crippen molar-refractivity contribution in [3.05, 3.63) is 0 Å². The number of carbonyl (C=O) groups is 1. The van der Waals surface area contributed by atoms with Gasteiger partial charge in [-0.3, -0.25) is 0 Å². The molecule has 0 saturated carbocycles. The van der Waals surface area contributed by atoms with Crippen LogP contribution in [0.4, 0.5) is 0 Å². The molecule has 0 aromatic rings. The molecule has 1 fully saturated rings. The summed E-state index contributed by atoms with van der Waals surface area (Å²) in [7, 11) is 0. The van der Waals surface area contributed by atoms with Gasteiger partial charge in [-0.2, -0.15) is 0 Å².